The number of hydrogen-bond acceptors (Lipinski definition) is 5. The number of carbonyl (C=O) groups is 1. The average molecular weight is 257 g/mol. The van der Waals surface area contributed by atoms with Gasteiger partial charge < -0.3 is 30.0 Å². The maximum Gasteiger partial charge on any atom is 0.129 e. The summed E-state index contributed by atoms with van der Waals surface area (Å²) in [5, 5.41) is 10.5. The molecule has 3 N–H and O–H groups in total. The molecule has 0 saturated carbocycles. The summed E-state index contributed by atoms with van der Waals surface area (Å²) in [6, 6.07) is 5.27. The van der Waals surface area contributed by atoms with Crippen LogP contribution in [0.15, 0.2) is 24.3 Å². The van der Waals surface area contributed by atoms with Gasteiger partial charge in [0.05, 0.1) is 5.97 Å². The third-order valence-corrected chi connectivity index (χ3v) is 2.97. The summed E-state index contributed by atoms with van der Waals surface area (Å²) in [5.41, 5.74) is 4.49. The molecule has 7 heteroatoms. The van der Waals surface area contributed by atoms with Crippen molar-refractivity contribution in [3.8, 4) is 0 Å². The van der Waals surface area contributed by atoms with Crippen molar-refractivity contribution in [2.24, 2.45) is 0 Å². The van der Waals surface area contributed by atoms with Crippen molar-refractivity contribution in [2.45, 2.75) is 18.6 Å². The lowest BCUT2D eigenvalue weighted by molar-refractivity contribution is -0.437. The Morgan fingerprint density at radius 1 is 1.24 bits per heavy atom. The Morgan fingerprint density at radius 3 is 2.12 bits per heavy atom. The molecule has 0 fully saturated rings. The van der Waals surface area contributed by atoms with E-state index in [0.29, 0.717) is 11.1 Å². The predicted molar refractivity (Wildman–Crippen MR) is 53.1 cm³/mol. The van der Waals surface area contributed by atoms with Crippen LogP contribution in [-0.2, 0) is 21.9 Å². The Morgan fingerprint density at radius 2 is 1.71 bits per heavy atom. The van der Waals surface area contributed by atoms with Gasteiger partial charge in [-0.1, -0.05) is 31.9 Å². The zero-order chi connectivity index (χ0) is 13.1. The number of benzene rings is 1. The van der Waals surface area contributed by atoms with Gasteiger partial charge in [-0.05, 0) is 11.1 Å². The number of carboxylic acids is 1. The van der Waals surface area contributed by atoms with E-state index in [0.717, 1.165) is 0 Å². The van der Waals surface area contributed by atoms with Gasteiger partial charge in [-0.3, -0.25) is 0 Å². The topological polar surface area (TPSA) is 131 Å². The van der Waals surface area contributed by atoms with Crippen LogP contribution in [-0.4, -0.2) is 12.0 Å². The van der Waals surface area contributed by atoms with Gasteiger partial charge in [-0.2, -0.15) is 0 Å². The van der Waals surface area contributed by atoms with Crippen molar-refractivity contribution in [1.29, 1.82) is 0 Å². The monoisotopic (exact) mass is 257 g/mol. The zero-order valence-corrected chi connectivity index (χ0v) is 9.89. The van der Waals surface area contributed by atoms with Crippen LogP contribution in [0.4, 0.5) is 0 Å². The van der Waals surface area contributed by atoms with Gasteiger partial charge in [0.25, 0.3) is 0 Å². The lowest BCUT2D eigenvalue weighted by atomic mass is 10.1. The van der Waals surface area contributed by atoms with E-state index in [-0.39, 0.29) is 6.42 Å². The standard InChI is InChI=1S/C10H14NO5P/c11-9(10(12)13)5-7-1-3-8(4-2-7)6-17(14,15)16/h1-4,9H,5-6,11H2,(H,12,13)(H2,14,15,16)/p-2/t9-/m0/s1. The highest BCUT2D eigenvalue weighted by atomic mass is 31.2. The third-order valence-electron chi connectivity index (χ3n) is 2.21. The lowest BCUT2D eigenvalue weighted by Crippen LogP contribution is -2.69. The summed E-state index contributed by atoms with van der Waals surface area (Å²) >= 11 is 0. The van der Waals surface area contributed by atoms with Gasteiger partial charge >= 0.3 is 0 Å². The molecule has 1 aromatic carbocycles. The summed E-state index contributed by atoms with van der Waals surface area (Å²) in [7, 11) is -4.56. The molecule has 1 atom stereocenters. The van der Waals surface area contributed by atoms with Crippen molar-refractivity contribution in [2.75, 3.05) is 0 Å². The number of carboxylic acid groups (broad SMARTS) is 1. The second kappa shape index (κ2) is 5.42. The molecular formula is C10H12NO5P-2. The number of hydrogen-bond donors (Lipinski definition) is 1. The highest BCUT2D eigenvalue weighted by Gasteiger charge is 2.08. The number of aliphatic carboxylic acids is 1. The SMILES string of the molecule is [NH3+][C@@H](Cc1ccc(CP(=O)([O-])[O-])cc1)C(=O)[O-]. The zero-order valence-electron chi connectivity index (χ0n) is 9.00. The van der Waals surface area contributed by atoms with Crippen LogP contribution in [0.5, 0.6) is 0 Å². The van der Waals surface area contributed by atoms with Gasteiger partial charge in [0.15, 0.2) is 0 Å². The number of rotatable bonds is 5. The minimum absolute atomic E-state index is 0.203. The first kappa shape index (κ1) is 13.9. The second-order valence-corrected chi connectivity index (χ2v) is 5.34. The van der Waals surface area contributed by atoms with Crippen molar-refractivity contribution in [3.63, 3.8) is 0 Å². The fraction of sp³-hybridized carbons (Fsp3) is 0.300. The molecule has 0 saturated heterocycles. The summed E-state index contributed by atoms with van der Waals surface area (Å²) in [4.78, 5) is 31.5. The first-order valence-electron chi connectivity index (χ1n) is 4.91. The summed E-state index contributed by atoms with van der Waals surface area (Å²) in [5.74, 6) is -1.24. The van der Waals surface area contributed by atoms with Crippen LogP contribution in [0.3, 0.4) is 0 Å². The molecule has 0 unspecified atom stereocenters. The van der Waals surface area contributed by atoms with Crippen LogP contribution in [0, 0.1) is 0 Å². The van der Waals surface area contributed by atoms with Crippen LogP contribution < -0.4 is 20.6 Å². The van der Waals surface area contributed by atoms with Gasteiger partial charge in [0.2, 0.25) is 0 Å². The highest BCUT2D eigenvalue weighted by Crippen LogP contribution is 2.29. The van der Waals surface area contributed by atoms with E-state index in [4.69, 9.17) is 0 Å². The molecule has 0 heterocycles. The van der Waals surface area contributed by atoms with E-state index in [1.807, 2.05) is 0 Å². The molecule has 17 heavy (non-hydrogen) atoms. The van der Waals surface area contributed by atoms with Gasteiger partial charge in [-0.25, -0.2) is 0 Å². The predicted octanol–water partition coefficient (Wildman–Crippen LogP) is -3.00. The molecule has 0 radical (unpaired) electrons. The van der Waals surface area contributed by atoms with E-state index < -0.39 is 25.8 Å². The first-order chi connectivity index (χ1) is 7.78. The van der Waals surface area contributed by atoms with Gasteiger partial charge in [0.1, 0.15) is 6.04 Å². The lowest BCUT2D eigenvalue weighted by Gasteiger charge is -2.29. The Hall–Kier alpha value is -1.20. The third kappa shape index (κ3) is 5.10. The molecule has 0 aliphatic heterocycles. The van der Waals surface area contributed by atoms with E-state index in [9.17, 15) is 24.3 Å². The van der Waals surface area contributed by atoms with Crippen LogP contribution in [0.2, 0.25) is 0 Å². The molecule has 1 rings (SSSR count). The summed E-state index contributed by atoms with van der Waals surface area (Å²) < 4.78 is 10.5. The van der Waals surface area contributed by atoms with Crippen LogP contribution in [0.25, 0.3) is 0 Å². The molecule has 0 bridgehead atoms. The minimum atomic E-state index is -4.56. The van der Waals surface area contributed by atoms with Crippen LogP contribution >= 0.6 is 7.60 Å². The highest BCUT2D eigenvalue weighted by molar-refractivity contribution is 7.47. The molecule has 6 nitrogen and oxygen atoms in total. The van der Waals surface area contributed by atoms with E-state index >= 15 is 0 Å². The second-order valence-electron chi connectivity index (χ2n) is 3.81. The molecule has 94 valence electrons. The smallest absolute Gasteiger partial charge is 0.129 e. The summed E-state index contributed by atoms with van der Waals surface area (Å²) in [6.07, 6.45) is -0.337. The van der Waals surface area contributed by atoms with Gasteiger partial charge in [-0.15, -0.1) is 0 Å². The minimum Gasteiger partial charge on any atom is -0.810 e. The fourth-order valence-corrected chi connectivity index (χ4v) is 2.03. The van der Waals surface area contributed by atoms with Crippen molar-refractivity contribution >= 4 is 13.6 Å². The normalized spacial score (nSPS) is 13.4. The Kier molecular flexibility index (Phi) is 4.42. The molecule has 0 aromatic heterocycles. The van der Waals surface area contributed by atoms with E-state index in [1.54, 1.807) is 12.1 Å². The first-order valence-corrected chi connectivity index (χ1v) is 6.63. The van der Waals surface area contributed by atoms with Crippen molar-refractivity contribution in [1.82, 2.24) is 0 Å². The quantitative estimate of drug-likeness (QED) is 0.561. The number of carbonyl (C=O) groups excluding carboxylic acids is 1. The van der Waals surface area contributed by atoms with Crippen molar-refractivity contribution < 1.29 is 30.0 Å². The van der Waals surface area contributed by atoms with Crippen molar-refractivity contribution in [3.05, 3.63) is 35.4 Å². The Balaban J connectivity index is 2.68. The summed E-state index contributed by atoms with van der Waals surface area (Å²) in [6.45, 7) is 0. The average Bonchev–Trinajstić information content (AvgIpc) is 2.18. The maximum absolute atomic E-state index is 10.5. The number of quaternary nitrogens is 1. The Labute approximate surface area is 98.2 Å². The van der Waals surface area contributed by atoms with E-state index in [2.05, 4.69) is 5.73 Å². The van der Waals surface area contributed by atoms with Gasteiger partial charge in [0, 0.05) is 12.6 Å². The molecule has 1 aromatic rings. The molecule has 0 spiro atoms. The molecule has 0 aliphatic rings. The molecule has 0 amide bonds. The maximum atomic E-state index is 10.5. The largest absolute Gasteiger partial charge is 0.810 e. The fourth-order valence-electron chi connectivity index (χ4n) is 1.37. The molecular weight excluding hydrogens is 245 g/mol. The van der Waals surface area contributed by atoms with Crippen LogP contribution in [0.1, 0.15) is 11.1 Å². The molecule has 0 aliphatic carbocycles. The van der Waals surface area contributed by atoms with E-state index in [1.165, 1.54) is 12.1 Å². The Bertz CT molecular complexity index is 439.